The van der Waals surface area contributed by atoms with E-state index in [2.05, 4.69) is 14.6 Å². The highest BCUT2D eigenvalue weighted by molar-refractivity contribution is 7.08. The van der Waals surface area contributed by atoms with E-state index in [-0.39, 0.29) is 7.40 Å². The molecule has 3 aromatic rings. The van der Waals surface area contributed by atoms with Gasteiger partial charge in [-0.3, -0.25) is 5.10 Å². The van der Waals surface area contributed by atoms with Crippen LogP contribution in [0.25, 0.3) is 22.2 Å². The number of nitrogens with zero attached hydrogens (tertiary/aromatic N) is 2. The number of aromatic nitrogens is 3. The molecule has 5 nitrogen and oxygen atoms in total. The standard InChI is InChI=1S/C16H15N3O2S.C2H6.H2/c1-2-21-16(20)15-13(9-3-4-9)14(19-22-15)10-5-6-11-8-17-18-12(11)7-10;1-2;/h5-9H,2-4H2,1H3,(H,17,18);1-2H3;1H. The van der Waals surface area contributed by atoms with Crippen molar-refractivity contribution in [2.45, 2.75) is 39.5 Å². The highest BCUT2D eigenvalue weighted by Gasteiger charge is 2.34. The first kappa shape index (κ1) is 16.6. The maximum absolute atomic E-state index is 12.1. The third-order valence-electron chi connectivity index (χ3n) is 3.89. The molecule has 6 heteroatoms. The third kappa shape index (κ3) is 3.06. The fraction of sp³-hybridized carbons (Fsp3) is 0.389. The number of hydrogen-bond acceptors (Lipinski definition) is 5. The molecule has 1 aliphatic carbocycles. The van der Waals surface area contributed by atoms with Gasteiger partial charge in [0.25, 0.3) is 0 Å². The van der Waals surface area contributed by atoms with Crippen LogP contribution in [-0.2, 0) is 4.74 Å². The van der Waals surface area contributed by atoms with Crippen LogP contribution in [0.5, 0.6) is 0 Å². The van der Waals surface area contributed by atoms with Crippen molar-refractivity contribution >= 4 is 28.4 Å². The van der Waals surface area contributed by atoms with Gasteiger partial charge in [0, 0.05) is 17.9 Å². The van der Waals surface area contributed by atoms with Crippen LogP contribution in [0.3, 0.4) is 0 Å². The Kier molecular flexibility index (Phi) is 4.94. The number of hydrogen-bond donors (Lipinski definition) is 1. The molecule has 0 spiro atoms. The van der Waals surface area contributed by atoms with Gasteiger partial charge in [-0.05, 0) is 43.3 Å². The summed E-state index contributed by atoms with van der Waals surface area (Å²) in [6, 6.07) is 6.10. The number of ether oxygens (including phenoxy) is 1. The molecule has 0 saturated heterocycles. The van der Waals surface area contributed by atoms with Crippen molar-refractivity contribution in [3.63, 3.8) is 0 Å². The molecule has 128 valence electrons. The van der Waals surface area contributed by atoms with Crippen LogP contribution in [0.4, 0.5) is 0 Å². The molecular formula is C18H23N3O2S. The minimum Gasteiger partial charge on any atom is -0.462 e. The smallest absolute Gasteiger partial charge is 0.350 e. The van der Waals surface area contributed by atoms with E-state index in [0.717, 1.165) is 40.6 Å². The van der Waals surface area contributed by atoms with Crippen molar-refractivity contribution in [3.05, 3.63) is 34.8 Å². The molecule has 0 radical (unpaired) electrons. The van der Waals surface area contributed by atoms with Crippen molar-refractivity contribution in [2.75, 3.05) is 6.61 Å². The van der Waals surface area contributed by atoms with Gasteiger partial charge in [-0.25, -0.2) is 4.79 Å². The number of rotatable bonds is 4. The van der Waals surface area contributed by atoms with Crippen LogP contribution in [0.15, 0.2) is 24.4 Å². The molecule has 1 aliphatic rings. The van der Waals surface area contributed by atoms with Crippen molar-refractivity contribution < 1.29 is 11.0 Å². The van der Waals surface area contributed by atoms with Gasteiger partial charge >= 0.3 is 5.97 Å². The molecule has 0 amide bonds. The van der Waals surface area contributed by atoms with Crippen LogP contribution in [0.1, 0.15) is 56.2 Å². The van der Waals surface area contributed by atoms with E-state index in [1.807, 2.05) is 39.0 Å². The summed E-state index contributed by atoms with van der Waals surface area (Å²) >= 11 is 1.24. The monoisotopic (exact) mass is 345 g/mol. The quantitative estimate of drug-likeness (QED) is 0.675. The summed E-state index contributed by atoms with van der Waals surface area (Å²) in [7, 11) is 0. The van der Waals surface area contributed by atoms with E-state index in [1.54, 1.807) is 6.20 Å². The first-order valence-electron chi connectivity index (χ1n) is 8.38. The molecule has 2 heterocycles. The lowest BCUT2D eigenvalue weighted by Gasteiger charge is -2.05. The Morgan fingerprint density at radius 1 is 1.42 bits per heavy atom. The Morgan fingerprint density at radius 2 is 2.21 bits per heavy atom. The Morgan fingerprint density at radius 3 is 2.92 bits per heavy atom. The third-order valence-corrected chi connectivity index (χ3v) is 4.73. The van der Waals surface area contributed by atoms with Gasteiger partial charge in [-0.1, -0.05) is 26.0 Å². The van der Waals surface area contributed by atoms with E-state index in [4.69, 9.17) is 4.74 Å². The number of carbonyl (C=O) groups is 1. The van der Waals surface area contributed by atoms with Gasteiger partial charge < -0.3 is 4.74 Å². The van der Waals surface area contributed by atoms with Gasteiger partial charge in [0.15, 0.2) is 0 Å². The summed E-state index contributed by atoms with van der Waals surface area (Å²) in [5, 5.41) is 8.09. The van der Waals surface area contributed by atoms with Crippen LogP contribution >= 0.6 is 11.5 Å². The van der Waals surface area contributed by atoms with Crippen molar-refractivity contribution in [1.82, 2.24) is 14.6 Å². The van der Waals surface area contributed by atoms with Gasteiger partial charge in [-0.15, -0.1) is 0 Å². The maximum Gasteiger partial charge on any atom is 0.350 e. The Bertz CT molecular complexity index is 855. The molecule has 1 N–H and O–H groups in total. The average molecular weight is 345 g/mol. The lowest BCUT2D eigenvalue weighted by Crippen LogP contribution is -2.05. The number of nitrogens with one attached hydrogen (secondary N) is 1. The zero-order chi connectivity index (χ0) is 17.1. The number of fused-ring (bicyclic) bond motifs is 1. The zero-order valence-electron chi connectivity index (χ0n) is 14.1. The highest BCUT2D eigenvalue weighted by atomic mass is 32.1. The van der Waals surface area contributed by atoms with Crippen LogP contribution < -0.4 is 0 Å². The van der Waals surface area contributed by atoms with E-state index < -0.39 is 0 Å². The lowest BCUT2D eigenvalue weighted by molar-refractivity contribution is 0.0531. The van der Waals surface area contributed by atoms with Crippen molar-refractivity contribution in [2.24, 2.45) is 0 Å². The number of esters is 1. The van der Waals surface area contributed by atoms with E-state index >= 15 is 0 Å². The molecule has 4 rings (SSSR count). The summed E-state index contributed by atoms with van der Waals surface area (Å²) in [6.45, 7) is 6.21. The molecule has 1 aromatic carbocycles. The van der Waals surface area contributed by atoms with Gasteiger partial charge in [0.1, 0.15) is 4.88 Å². The largest absolute Gasteiger partial charge is 0.462 e. The molecule has 2 aromatic heterocycles. The molecule has 1 fully saturated rings. The topological polar surface area (TPSA) is 67.9 Å². The van der Waals surface area contributed by atoms with Gasteiger partial charge in [-0.2, -0.15) is 9.47 Å². The summed E-state index contributed by atoms with van der Waals surface area (Å²) in [4.78, 5) is 12.8. The number of benzene rings is 1. The van der Waals surface area contributed by atoms with Crippen LogP contribution in [-0.4, -0.2) is 27.1 Å². The average Bonchev–Trinajstić information content (AvgIpc) is 3.18. The fourth-order valence-corrected chi connectivity index (χ4v) is 3.57. The second kappa shape index (κ2) is 7.13. The summed E-state index contributed by atoms with van der Waals surface area (Å²) < 4.78 is 9.72. The Labute approximate surface area is 146 Å². The molecule has 0 aliphatic heterocycles. The van der Waals surface area contributed by atoms with E-state index in [9.17, 15) is 4.79 Å². The summed E-state index contributed by atoms with van der Waals surface area (Å²) in [5.74, 6) is 0.182. The summed E-state index contributed by atoms with van der Waals surface area (Å²) in [5.41, 5.74) is 3.96. The minimum atomic E-state index is -0.254. The van der Waals surface area contributed by atoms with E-state index in [1.165, 1.54) is 11.5 Å². The van der Waals surface area contributed by atoms with E-state index in [0.29, 0.717) is 17.4 Å². The minimum absolute atomic E-state index is 0. The van der Waals surface area contributed by atoms with Crippen molar-refractivity contribution in [3.8, 4) is 11.3 Å². The Balaban J connectivity index is 0.000000726. The van der Waals surface area contributed by atoms with Gasteiger partial charge in [0.2, 0.25) is 0 Å². The van der Waals surface area contributed by atoms with Gasteiger partial charge in [0.05, 0.1) is 24.0 Å². The fourth-order valence-electron chi connectivity index (χ4n) is 2.68. The molecular weight excluding hydrogens is 322 g/mol. The molecule has 1 saturated carbocycles. The number of aromatic amines is 1. The Hall–Kier alpha value is -2.21. The normalized spacial score (nSPS) is 13.5. The summed E-state index contributed by atoms with van der Waals surface area (Å²) in [6.07, 6.45) is 4.03. The maximum atomic E-state index is 12.1. The first-order chi connectivity index (χ1) is 11.8. The second-order valence-corrected chi connectivity index (χ2v) is 6.21. The molecule has 0 atom stereocenters. The highest BCUT2D eigenvalue weighted by Crippen LogP contribution is 2.47. The van der Waals surface area contributed by atoms with Crippen molar-refractivity contribution in [1.29, 1.82) is 0 Å². The number of H-pyrrole nitrogens is 1. The zero-order valence-corrected chi connectivity index (χ0v) is 14.9. The predicted octanol–water partition coefficient (Wildman–Crippen LogP) is 5.01. The van der Waals surface area contributed by atoms with Crippen LogP contribution in [0, 0.1) is 0 Å². The number of carbonyl (C=O) groups excluding carboxylic acids is 1. The molecule has 0 bridgehead atoms. The predicted molar refractivity (Wildman–Crippen MR) is 98.6 cm³/mol. The first-order valence-corrected chi connectivity index (χ1v) is 9.15. The second-order valence-electron chi connectivity index (χ2n) is 5.44. The SMILES string of the molecule is CC.CCOC(=O)c1snc(-c2ccc3cn[nH]c3c2)c1C1CC1.[HH]. The van der Waals surface area contributed by atoms with Crippen LogP contribution in [0.2, 0.25) is 0 Å². The lowest BCUT2D eigenvalue weighted by atomic mass is 10.0. The molecule has 0 unspecified atom stereocenters. The molecule has 24 heavy (non-hydrogen) atoms.